The van der Waals surface area contributed by atoms with Crippen LogP contribution in [0.5, 0.6) is 5.75 Å². The Morgan fingerprint density at radius 3 is 1.77 bits per heavy atom. The first-order valence-corrected chi connectivity index (χ1v) is 46.9. The van der Waals surface area contributed by atoms with E-state index in [0.29, 0.717) is 64.2 Å². The van der Waals surface area contributed by atoms with E-state index in [9.17, 15) is 58.5 Å². The number of amides is 15. The summed E-state index contributed by atoms with van der Waals surface area (Å²) in [6.07, 6.45) is 3.40. The molecule has 3 aromatic carbocycles. The summed E-state index contributed by atoms with van der Waals surface area (Å²) in [7, 11) is 4.09. The van der Waals surface area contributed by atoms with E-state index in [1.807, 2.05) is 26.0 Å². The van der Waals surface area contributed by atoms with Gasteiger partial charge in [0, 0.05) is 125 Å². The topological polar surface area (TPSA) is 588 Å². The molecular weight excluding hydrogens is 1750 g/mol. The second-order valence-corrected chi connectivity index (χ2v) is 36.6. The maximum atomic E-state index is 15.9. The van der Waals surface area contributed by atoms with Crippen LogP contribution in [-0.2, 0) is 107 Å². The van der Waals surface area contributed by atoms with E-state index in [-0.39, 0.29) is 107 Å². The van der Waals surface area contributed by atoms with Crippen molar-refractivity contribution in [3.8, 4) is 5.75 Å². The number of phenolic OH excluding ortho intramolecular Hbond substituents is 1. The number of fused-ring (bicyclic) bond motifs is 4. The fourth-order valence-electron chi connectivity index (χ4n) is 17.1. The number of H-pyrrole nitrogens is 3. The zero-order chi connectivity index (χ0) is 97.9. The Balaban J connectivity index is 1.10. The molecule has 19 N–H and O–H groups in total. The van der Waals surface area contributed by atoms with Crippen molar-refractivity contribution in [3.05, 3.63) is 120 Å². The number of nitrogens with zero attached hydrogens (tertiary/aromatic N) is 6. The number of likely N-dealkylation sites (N-methyl/N-ethyl adjacent to an activating group) is 3. The Morgan fingerprint density at radius 1 is 0.582 bits per heavy atom. The van der Waals surface area contributed by atoms with Crippen LogP contribution in [0.1, 0.15) is 161 Å². The van der Waals surface area contributed by atoms with Gasteiger partial charge in [-0.05, 0) is 118 Å². The highest BCUT2D eigenvalue weighted by molar-refractivity contribution is 8.00. The van der Waals surface area contributed by atoms with Gasteiger partial charge in [0.25, 0.3) is 0 Å². The van der Waals surface area contributed by atoms with Crippen LogP contribution in [-0.4, -0.2) is 304 Å². The van der Waals surface area contributed by atoms with E-state index in [0.717, 1.165) is 21.6 Å². The number of nitrogens with one attached hydrogen (secondary N) is 12. The predicted molar refractivity (Wildman–Crippen MR) is 496 cm³/mol. The second-order valence-electron chi connectivity index (χ2n) is 35.6. The van der Waals surface area contributed by atoms with Gasteiger partial charge in [0.1, 0.15) is 78.3 Å². The molecule has 0 saturated carbocycles. The third-order valence-corrected chi connectivity index (χ3v) is 25.8. The average molecular weight is 1880 g/mol. The maximum Gasteiger partial charge on any atom is 0.303 e. The van der Waals surface area contributed by atoms with Gasteiger partial charge in [-0.3, -0.25) is 81.5 Å². The molecule has 0 unspecified atom stereocenters. The van der Waals surface area contributed by atoms with Crippen molar-refractivity contribution in [2.45, 2.75) is 249 Å². The number of aliphatic carboxylic acids is 1. The number of carbonyl (C=O) groups is 17. The number of hydrogen-bond acceptors (Lipinski definition) is 22. The lowest BCUT2D eigenvalue weighted by Gasteiger charge is -2.36. The first-order chi connectivity index (χ1) is 63.8. The summed E-state index contributed by atoms with van der Waals surface area (Å²) < 4.78 is 0. The molecule has 15 atom stereocenters. The number of aromatic nitrogens is 4. The van der Waals surface area contributed by atoms with Crippen LogP contribution in [0.15, 0.2) is 97.7 Å². The Hall–Kier alpha value is -12.8. The van der Waals surface area contributed by atoms with Gasteiger partial charge in [0.05, 0.1) is 36.5 Å². The minimum absolute atomic E-state index is 0.0293. The molecule has 3 saturated heterocycles. The number of primary amides is 1. The number of unbranched alkanes of at least 4 members (excludes halogenated alkanes) is 2. The molecule has 41 heteroatoms. The molecule has 3 fully saturated rings. The largest absolute Gasteiger partial charge is 0.508 e. The number of carbonyl (C=O) groups excluding carboxylic acids is 16. The van der Waals surface area contributed by atoms with Crippen LogP contribution in [0.4, 0.5) is 0 Å². The maximum absolute atomic E-state index is 15.9. The number of benzene rings is 3. The van der Waals surface area contributed by atoms with Gasteiger partial charge in [-0.1, -0.05) is 116 Å². The van der Waals surface area contributed by atoms with E-state index in [1.54, 1.807) is 76.5 Å². The highest BCUT2D eigenvalue weighted by atomic mass is 32.2. The van der Waals surface area contributed by atoms with Crippen molar-refractivity contribution in [1.29, 1.82) is 0 Å². The predicted octanol–water partition coefficient (Wildman–Crippen LogP) is 0.900. The van der Waals surface area contributed by atoms with Gasteiger partial charge in [-0.25, -0.2) is 4.98 Å². The van der Waals surface area contributed by atoms with Gasteiger partial charge < -0.3 is 114 Å². The molecular formula is C93H130N20O20S. The number of aromatic hydroxyl groups is 1. The van der Waals surface area contributed by atoms with Crippen molar-refractivity contribution in [2.24, 2.45) is 29.2 Å². The molecule has 0 radical (unpaired) electrons. The first kappa shape index (κ1) is 105. The highest BCUT2D eigenvalue weighted by Gasteiger charge is 2.47. The quantitative estimate of drug-likeness (QED) is 0.0378. The number of nitrogens with two attached hydrogens (primary N) is 2. The van der Waals surface area contributed by atoms with Crippen LogP contribution in [0.3, 0.4) is 0 Å². The van der Waals surface area contributed by atoms with Gasteiger partial charge in [-0.15, -0.1) is 11.8 Å². The van der Waals surface area contributed by atoms with E-state index < -0.39 is 235 Å². The summed E-state index contributed by atoms with van der Waals surface area (Å²) in [5, 5.41) is 57.7. The number of carboxylic acid groups (broad SMARTS) is 1. The summed E-state index contributed by atoms with van der Waals surface area (Å²) in [4.78, 5) is 270. The van der Waals surface area contributed by atoms with Crippen molar-refractivity contribution in [1.82, 2.24) is 92.3 Å². The number of Topliss-reactive ketones (excluding diaryl/α,β-unsaturated/α-hetero) is 1. The Kier molecular flexibility index (Phi) is 39.0. The van der Waals surface area contributed by atoms with Crippen LogP contribution in [0.25, 0.3) is 21.8 Å². The van der Waals surface area contributed by atoms with Crippen LogP contribution in [0.2, 0.25) is 0 Å². The number of imidazole rings is 1. The molecule has 3 aromatic heterocycles. The number of hydrogen-bond donors (Lipinski definition) is 17. The van der Waals surface area contributed by atoms with E-state index >= 15 is 38.4 Å². The lowest BCUT2D eigenvalue weighted by Crippen LogP contribution is -2.61. The number of aromatic amines is 3. The Labute approximate surface area is 781 Å². The van der Waals surface area contributed by atoms with Crippen LogP contribution < -0.4 is 59.3 Å². The summed E-state index contributed by atoms with van der Waals surface area (Å²) >= 11 is 0.820. The van der Waals surface area contributed by atoms with Gasteiger partial charge in [-0.2, -0.15) is 0 Å². The number of aliphatic hydroxyl groups excluding tert-OH is 1. The molecule has 40 nitrogen and oxygen atoms in total. The molecule has 0 aliphatic carbocycles. The molecule has 3 aliphatic heterocycles. The number of para-hydroxylation sites is 2. The number of ketones is 1. The zero-order valence-corrected chi connectivity index (χ0v) is 78.4. The van der Waals surface area contributed by atoms with Crippen molar-refractivity contribution < 1.29 is 96.8 Å². The van der Waals surface area contributed by atoms with Gasteiger partial charge in [0.15, 0.2) is 5.78 Å². The third-order valence-electron chi connectivity index (χ3n) is 24.8. The van der Waals surface area contributed by atoms with E-state index in [2.05, 4.69) is 67.8 Å². The fourth-order valence-corrected chi connectivity index (χ4v) is 18.0. The number of carboxylic acids is 1. The fraction of sp³-hybridized carbons (Fsp3) is 0.548. The van der Waals surface area contributed by atoms with E-state index in [4.69, 9.17) is 11.5 Å². The van der Waals surface area contributed by atoms with Crippen LogP contribution in [0, 0.1) is 17.8 Å². The molecule has 3 aliphatic rings. The molecule has 6 heterocycles. The number of rotatable bonds is 25. The standard InChI is InChI=1S/C93H130N20O20S/c1-11-13-24-72-86(126)104-67(36-51(3)4)84(124)107-71(83(123)99-46-77(95)117)48-134-49-78(118)101-69(37-54-27-29-59(114)30-28-54)89(129)109(8)53(7)81(121)102-66(33-34-94)91(131)112-35-19-26-73(112)87(127)105-68(41-58-45-96-50-100-58)85(125)103-65(31-32-79(119)120)92(132)113-47-60(115)42-75(113)76(116)40-55(38-56-43-97-63-22-17-15-20-61(56)63)82(122)108-80(52(5)6)88(128)106-70(39-57-44-98-64-23-18-16-21-62(57)64)90(130)111(10)74(25-14-12-2)93(133)110(72)9/h15-18,20-23,27-30,43-45,50-53,55,60,65-75,80,97-98,114-115H,11-14,19,24-26,31-42,46-49,94H2,1-10H3,(H2,95,117)(H,96,100)(H,99,123)(H,101,118)(H,102,121)(H,103,125)(H,104,126)(H,105,127)(H,106,128)(H,107,124)(H,108,122)(H,119,120)/t53-,55+,60+,65-,66-,67-,68-,69-,70-,71-,72-,73-,74-,75-,80-/m0/s1. The minimum Gasteiger partial charge on any atom is -0.508 e. The normalized spacial score (nSPS) is 25.0. The molecule has 0 spiro atoms. The van der Waals surface area contributed by atoms with Gasteiger partial charge >= 0.3 is 5.97 Å². The minimum atomic E-state index is -1.77. The highest BCUT2D eigenvalue weighted by Crippen LogP contribution is 2.30. The molecule has 15 amide bonds. The van der Waals surface area contributed by atoms with Crippen LogP contribution >= 0.6 is 11.8 Å². The molecule has 9 rings (SSSR count). The first-order valence-electron chi connectivity index (χ1n) is 45.8. The molecule has 0 bridgehead atoms. The Bertz CT molecular complexity index is 5140. The number of thioether (sulfide) groups is 1. The average Bonchev–Trinajstić information content (AvgIpc) is 1.73. The van der Waals surface area contributed by atoms with Crippen molar-refractivity contribution >= 4 is 134 Å². The van der Waals surface area contributed by atoms with E-state index in [1.165, 1.54) is 79.6 Å². The summed E-state index contributed by atoms with van der Waals surface area (Å²) in [6.45, 7) is 10.5. The lowest BCUT2D eigenvalue weighted by molar-refractivity contribution is -0.149. The summed E-state index contributed by atoms with van der Waals surface area (Å²) in [5.74, 6) is -18.4. The molecule has 134 heavy (non-hydrogen) atoms. The number of phenols is 1. The molecule has 6 aromatic rings. The zero-order valence-electron chi connectivity index (χ0n) is 77.6. The lowest BCUT2D eigenvalue weighted by atomic mass is 9.89. The van der Waals surface area contributed by atoms with Crippen molar-refractivity contribution in [2.75, 3.05) is 58.8 Å². The third kappa shape index (κ3) is 28.6. The smallest absolute Gasteiger partial charge is 0.303 e. The number of aliphatic hydroxyl groups is 1. The van der Waals surface area contributed by atoms with Crippen molar-refractivity contribution in [3.63, 3.8) is 0 Å². The molecule has 728 valence electrons. The Morgan fingerprint density at radius 2 is 1.16 bits per heavy atom. The second kappa shape index (κ2) is 49.8. The monoisotopic (exact) mass is 1880 g/mol. The SMILES string of the molecule is CCCC[C@H]1C(=O)N(C)[C@@H](CCCC)C(=O)N[C@@H](CC(C)C)C(=O)N[C@H](C(=O)NCC(N)=O)CSCC(=O)N[C@@H](Cc2ccc(O)cc2)C(=O)N(C)[C@@H](C)C(=O)N[C@@H](CCN)C(=O)N2CCC[C@H]2C(=O)N[C@@H](Cc2c[nH]cn2)C(=O)N[C@@H](CCC(=O)O)C(=O)N2C[C@H](O)C[C@H]2C(=O)C[C@@H](Cc2c[nH]c3ccccc23)C(=O)N[C@@H](C(C)C)C(=O)N[C@@H](Cc2c[nH]c3ccccc23)C(=O)N1C. The summed E-state index contributed by atoms with van der Waals surface area (Å²) in [5.41, 5.74) is 14.7. The van der Waals surface area contributed by atoms with Gasteiger partial charge in [0.2, 0.25) is 88.6 Å². The summed E-state index contributed by atoms with van der Waals surface area (Å²) in [6, 6.07) is 1.07.